The summed E-state index contributed by atoms with van der Waals surface area (Å²) in [6, 6.07) is 10.1. The summed E-state index contributed by atoms with van der Waals surface area (Å²) >= 11 is 1.56. The molecule has 23 heavy (non-hydrogen) atoms. The Morgan fingerprint density at radius 2 is 1.70 bits per heavy atom. The van der Waals surface area contributed by atoms with E-state index in [-0.39, 0.29) is 5.91 Å². The molecule has 0 fully saturated rings. The number of hydrogen-bond acceptors (Lipinski definition) is 2. The van der Waals surface area contributed by atoms with E-state index in [9.17, 15) is 4.79 Å². The van der Waals surface area contributed by atoms with Crippen molar-refractivity contribution in [2.45, 2.75) is 27.7 Å². The van der Waals surface area contributed by atoms with Crippen molar-refractivity contribution < 1.29 is 4.79 Å². The van der Waals surface area contributed by atoms with Crippen LogP contribution in [0.1, 0.15) is 32.6 Å². The van der Waals surface area contributed by atoms with Crippen molar-refractivity contribution in [3.8, 4) is 0 Å². The molecular formula is C19H20N2OS. The largest absolute Gasteiger partial charge is 0.319 e. The molecule has 0 aliphatic rings. The summed E-state index contributed by atoms with van der Waals surface area (Å²) in [5.74, 6) is -0.181. The summed E-state index contributed by atoms with van der Waals surface area (Å²) in [7, 11) is 1.97. The van der Waals surface area contributed by atoms with Gasteiger partial charge in [-0.1, -0.05) is 35.1 Å². The molecular weight excluding hydrogens is 304 g/mol. The summed E-state index contributed by atoms with van der Waals surface area (Å²) in [6.45, 7) is 8.16. The van der Waals surface area contributed by atoms with E-state index in [1.54, 1.807) is 11.3 Å². The molecule has 0 bridgehead atoms. The summed E-state index contributed by atoms with van der Waals surface area (Å²) < 4.78 is 3.17. The Balaban J connectivity index is 2.16. The van der Waals surface area contributed by atoms with Crippen LogP contribution >= 0.6 is 11.3 Å². The second-order valence-corrected chi connectivity index (χ2v) is 7.12. The van der Waals surface area contributed by atoms with Crippen LogP contribution in [-0.4, -0.2) is 10.5 Å². The average molecular weight is 324 g/mol. The molecule has 0 aliphatic carbocycles. The second-order valence-electron chi connectivity index (χ2n) is 6.11. The number of benzene rings is 2. The first-order chi connectivity index (χ1) is 10.9. The molecule has 3 rings (SSSR count). The molecule has 0 saturated carbocycles. The number of fused-ring (bicyclic) bond motifs is 1. The maximum atomic E-state index is 12.6. The molecule has 2 aromatic carbocycles. The number of aromatic nitrogens is 1. The van der Waals surface area contributed by atoms with Gasteiger partial charge in [0.2, 0.25) is 0 Å². The molecule has 0 unspecified atom stereocenters. The number of nitrogens with zero attached hydrogens (tertiary/aromatic N) is 2. The standard InChI is InChI=1S/C19H20N2OS/c1-11-6-7-15(13(3)8-11)18(22)20-19-21(5)17-14(4)9-12(2)10-16(17)23-19/h6-10H,1-5H3. The number of amides is 1. The zero-order valence-corrected chi connectivity index (χ0v) is 14.9. The fourth-order valence-corrected chi connectivity index (χ4v) is 4.18. The molecule has 0 spiro atoms. The van der Waals surface area contributed by atoms with E-state index >= 15 is 0 Å². The highest BCUT2D eigenvalue weighted by molar-refractivity contribution is 7.16. The van der Waals surface area contributed by atoms with Crippen LogP contribution in [0.4, 0.5) is 0 Å². The van der Waals surface area contributed by atoms with Gasteiger partial charge in [0.15, 0.2) is 4.80 Å². The topological polar surface area (TPSA) is 34.4 Å². The van der Waals surface area contributed by atoms with Gasteiger partial charge in [-0.15, -0.1) is 0 Å². The molecule has 1 heterocycles. The zero-order valence-electron chi connectivity index (χ0n) is 14.1. The zero-order chi connectivity index (χ0) is 16.7. The molecule has 0 radical (unpaired) electrons. The van der Waals surface area contributed by atoms with E-state index in [1.165, 1.54) is 11.1 Å². The van der Waals surface area contributed by atoms with E-state index < -0.39 is 0 Å². The van der Waals surface area contributed by atoms with Crippen molar-refractivity contribution in [2.75, 3.05) is 0 Å². The van der Waals surface area contributed by atoms with Crippen molar-refractivity contribution in [1.82, 2.24) is 4.57 Å². The van der Waals surface area contributed by atoms with Crippen LogP contribution in [0, 0.1) is 27.7 Å². The smallest absolute Gasteiger partial charge is 0.279 e. The van der Waals surface area contributed by atoms with E-state index in [1.807, 2.05) is 43.7 Å². The van der Waals surface area contributed by atoms with Crippen LogP contribution in [0.15, 0.2) is 35.3 Å². The van der Waals surface area contributed by atoms with Gasteiger partial charge in [-0.3, -0.25) is 4.79 Å². The van der Waals surface area contributed by atoms with Crippen LogP contribution in [0.5, 0.6) is 0 Å². The third-order valence-electron chi connectivity index (χ3n) is 4.04. The number of carbonyl (C=O) groups is 1. The predicted molar refractivity (Wildman–Crippen MR) is 96.1 cm³/mol. The number of rotatable bonds is 1. The molecule has 0 N–H and O–H groups in total. The minimum absolute atomic E-state index is 0.181. The third kappa shape index (κ3) is 2.86. The minimum atomic E-state index is -0.181. The van der Waals surface area contributed by atoms with Crippen molar-refractivity contribution in [2.24, 2.45) is 12.0 Å². The van der Waals surface area contributed by atoms with Gasteiger partial charge in [-0.05, 0) is 56.5 Å². The van der Waals surface area contributed by atoms with Crippen molar-refractivity contribution >= 4 is 27.5 Å². The Bertz CT molecular complexity index is 993. The lowest BCUT2D eigenvalue weighted by Gasteiger charge is -2.03. The van der Waals surface area contributed by atoms with Crippen molar-refractivity contribution in [3.63, 3.8) is 0 Å². The Hall–Kier alpha value is -2.20. The van der Waals surface area contributed by atoms with Crippen LogP contribution in [0.25, 0.3) is 10.2 Å². The van der Waals surface area contributed by atoms with Gasteiger partial charge in [-0.2, -0.15) is 4.99 Å². The monoisotopic (exact) mass is 324 g/mol. The predicted octanol–water partition coefficient (Wildman–Crippen LogP) is 4.21. The summed E-state index contributed by atoms with van der Waals surface area (Å²) in [5, 5.41) is 0. The number of thiazole rings is 1. The summed E-state index contributed by atoms with van der Waals surface area (Å²) in [6.07, 6.45) is 0. The molecule has 1 amide bonds. The first kappa shape index (κ1) is 15.7. The fraction of sp³-hybridized carbons (Fsp3) is 0.263. The average Bonchev–Trinajstić information content (AvgIpc) is 2.74. The second kappa shape index (κ2) is 5.78. The van der Waals surface area contributed by atoms with Gasteiger partial charge in [0.05, 0.1) is 10.2 Å². The number of hydrogen-bond donors (Lipinski definition) is 0. The third-order valence-corrected chi connectivity index (χ3v) is 5.12. The van der Waals surface area contributed by atoms with Gasteiger partial charge in [-0.25, -0.2) is 0 Å². The lowest BCUT2D eigenvalue weighted by Crippen LogP contribution is -2.14. The van der Waals surface area contributed by atoms with Gasteiger partial charge in [0.25, 0.3) is 5.91 Å². The highest BCUT2D eigenvalue weighted by atomic mass is 32.1. The van der Waals surface area contributed by atoms with Gasteiger partial charge in [0.1, 0.15) is 0 Å². The van der Waals surface area contributed by atoms with Crippen LogP contribution < -0.4 is 4.80 Å². The Morgan fingerprint density at radius 3 is 2.39 bits per heavy atom. The molecule has 0 atom stereocenters. The first-order valence-corrected chi connectivity index (χ1v) is 8.41. The SMILES string of the molecule is Cc1ccc(C(=O)N=c2sc3cc(C)cc(C)c3n2C)c(C)c1. The summed E-state index contributed by atoms with van der Waals surface area (Å²) in [5.41, 5.74) is 6.36. The Morgan fingerprint density at radius 1 is 1.00 bits per heavy atom. The Kier molecular flexibility index (Phi) is 3.94. The molecule has 1 aromatic heterocycles. The van der Waals surface area contributed by atoms with E-state index in [0.717, 1.165) is 26.1 Å². The lowest BCUT2D eigenvalue weighted by molar-refractivity contribution is 0.0997. The lowest BCUT2D eigenvalue weighted by atomic mass is 10.1. The first-order valence-electron chi connectivity index (χ1n) is 7.60. The highest BCUT2D eigenvalue weighted by Crippen LogP contribution is 2.22. The van der Waals surface area contributed by atoms with Gasteiger partial charge < -0.3 is 4.57 Å². The molecule has 4 heteroatoms. The molecule has 118 valence electrons. The van der Waals surface area contributed by atoms with Crippen molar-refractivity contribution in [3.05, 3.63) is 63.0 Å². The maximum absolute atomic E-state index is 12.6. The van der Waals surface area contributed by atoms with E-state index in [2.05, 4.69) is 31.0 Å². The molecule has 3 aromatic rings. The fourth-order valence-electron chi connectivity index (χ4n) is 2.99. The van der Waals surface area contributed by atoms with Crippen molar-refractivity contribution in [1.29, 1.82) is 0 Å². The van der Waals surface area contributed by atoms with Crippen LogP contribution in [-0.2, 0) is 7.05 Å². The molecule has 0 aliphatic heterocycles. The maximum Gasteiger partial charge on any atom is 0.279 e. The van der Waals surface area contributed by atoms with Gasteiger partial charge >= 0.3 is 0 Å². The van der Waals surface area contributed by atoms with Crippen LogP contribution in [0.2, 0.25) is 0 Å². The highest BCUT2D eigenvalue weighted by Gasteiger charge is 2.11. The minimum Gasteiger partial charge on any atom is -0.319 e. The van der Waals surface area contributed by atoms with Gasteiger partial charge in [0, 0.05) is 12.6 Å². The Labute approximate surface area is 139 Å². The molecule has 0 saturated heterocycles. The normalized spacial score (nSPS) is 12.1. The quantitative estimate of drug-likeness (QED) is 0.660. The van der Waals surface area contributed by atoms with Crippen LogP contribution in [0.3, 0.4) is 0 Å². The number of aryl methyl sites for hydroxylation is 5. The number of carbonyl (C=O) groups excluding carboxylic acids is 1. The van der Waals surface area contributed by atoms with E-state index in [4.69, 9.17) is 0 Å². The van der Waals surface area contributed by atoms with E-state index in [0.29, 0.717) is 5.56 Å². The molecule has 3 nitrogen and oxygen atoms in total. The summed E-state index contributed by atoms with van der Waals surface area (Å²) in [4.78, 5) is 17.7.